The van der Waals surface area contributed by atoms with Crippen LogP contribution in [-0.4, -0.2) is 89.5 Å². The van der Waals surface area contributed by atoms with Crippen molar-refractivity contribution in [1.82, 2.24) is 10.6 Å². The number of nitrogens with one attached hydrogen (secondary N) is 2. The number of carbonyl (C=O) groups is 2. The van der Waals surface area contributed by atoms with Gasteiger partial charge in [-0.05, 0) is 41.5 Å². The maximum absolute atomic E-state index is 11.6. The van der Waals surface area contributed by atoms with Crippen molar-refractivity contribution in [1.29, 1.82) is 0 Å². The third-order valence-corrected chi connectivity index (χ3v) is 5.45. The summed E-state index contributed by atoms with van der Waals surface area (Å²) in [6.07, 6.45) is 0.513. The van der Waals surface area contributed by atoms with Crippen LogP contribution in [0.2, 0.25) is 0 Å². The zero-order valence-electron chi connectivity index (χ0n) is 20.3. The topological polar surface area (TPSA) is 163 Å². The molecule has 0 spiro atoms. The summed E-state index contributed by atoms with van der Waals surface area (Å²) in [5.41, 5.74) is -1.15. The molecule has 0 aromatic rings. The number of hydrogen-bond donors (Lipinski definition) is 2. The number of ether oxygens (including phenoxy) is 2. The minimum absolute atomic E-state index is 0.298. The van der Waals surface area contributed by atoms with Crippen molar-refractivity contribution in [2.75, 3.05) is 37.2 Å². The van der Waals surface area contributed by atoms with E-state index in [4.69, 9.17) is 9.47 Å². The lowest BCUT2D eigenvalue weighted by molar-refractivity contribution is 0.0465. The Morgan fingerprint density at radius 1 is 0.848 bits per heavy atom. The maximum atomic E-state index is 11.6. The van der Waals surface area contributed by atoms with Crippen LogP contribution in [0.25, 0.3) is 0 Å². The summed E-state index contributed by atoms with van der Waals surface area (Å²) in [5, 5.41) is 5.07. The lowest BCUT2D eigenvalue weighted by Gasteiger charge is -2.27. The van der Waals surface area contributed by atoms with Crippen LogP contribution in [0.5, 0.6) is 0 Å². The summed E-state index contributed by atoms with van der Waals surface area (Å²) in [6, 6.07) is -0.686. The van der Waals surface area contributed by atoms with Gasteiger partial charge in [-0.3, -0.25) is 8.37 Å². The largest absolute Gasteiger partial charge is 0.444 e. The molecule has 1 aliphatic heterocycles. The average Bonchev–Trinajstić information content (AvgIpc) is 2.49. The van der Waals surface area contributed by atoms with Crippen molar-refractivity contribution in [2.24, 2.45) is 0 Å². The number of amides is 2. The highest BCUT2D eigenvalue weighted by atomic mass is 32.2. The van der Waals surface area contributed by atoms with E-state index in [-0.39, 0.29) is 11.7 Å². The molecule has 2 N–H and O–H groups in total. The summed E-state index contributed by atoms with van der Waals surface area (Å²) in [4.78, 5) is 22.7. The second-order valence-electron chi connectivity index (χ2n) is 9.20. The Bertz CT molecular complexity index is 806. The van der Waals surface area contributed by atoms with Crippen LogP contribution in [0.15, 0.2) is 0 Å². The van der Waals surface area contributed by atoms with Gasteiger partial charge in [0.25, 0.3) is 20.2 Å². The molecule has 1 heterocycles. The molecule has 0 bridgehead atoms. The molecule has 0 radical (unpaired) electrons. The molecule has 2 amide bonds. The quantitative estimate of drug-likeness (QED) is 0.432. The molecule has 33 heavy (non-hydrogen) atoms. The molecule has 0 atom stereocenters. The fraction of sp³-hybridized carbons (Fsp3) is 0.889. The van der Waals surface area contributed by atoms with E-state index in [9.17, 15) is 26.4 Å². The molecule has 1 rings (SSSR count). The Kier molecular flexibility index (Phi) is 12.5. The Labute approximate surface area is 201 Å². The highest BCUT2D eigenvalue weighted by Crippen LogP contribution is 2.17. The zero-order valence-corrected chi connectivity index (χ0v) is 22.7. The molecule has 0 unspecified atom stereocenters. The molecule has 15 heteroatoms. The van der Waals surface area contributed by atoms with Crippen molar-refractivity contribution >= 4 is 44.2 Å². The Morgan fingerprint density at radius 3 is 1.55 bits per heavy atom. The molecule has 0 aliphatic carbocycles. The molecule has 0 aromatic heterocycles. The fourth-order valence-electron chi connectivity index (χ4n) is 1.81. The summed E-state index contributed by atoms with van der Waals surface area (Å²) in [6.45, 7) is 9.55. The molecular weight excluding hydrogens is 500 g/mol. The number of alkyl carbamates (subject to hydrolysis) is 2. The summed E-state index contributed by atoms with van der Waals surface area (Å²) >= 11 is 1.83. The minimum Gasteiger partial charge on any atom is -0.444 e. The third-order valence-electron chi connectivity index (χ3n) is 3.05. The van der Waals surface area contributed by atoms with Gasteiger partial charge in [0, 0.05) is 11.5 Å². The second-order valence-corrected chi connectivity index (χ2v) is 13.6. The van der Waals surface area contributed by atoms with E-state index in [0.717, 1.165) is 24.0 Å². The van der Waals surface area contributed by atoms with E-state index in [2.05, 4.69) is 19.0 Å². The van der Waals surface area contributed by atoms with Crippen LogP contribution in [-0.2, 0) is 38.1 Å². The molecule has 196 valence electrons. The lowest BCUT2D eigenvalue weighted by Crippen LogP contribution is -2.45. The van der Waals surface area contributed by atoms with Gasteiger partial charge in [0.15, 0.2) is 0 Å². The van der Waals surface area contributed by atoms with E-state index in [0.29, 0.717) is 6.04 Å². The fourth-order valence-corrected chi connectivity index (χ4v) is 3.27. The van der Waals surface area contributed by atoms with Gasteiger partial charge in [-0.1, -0.05) is 0 Å². The number of carbonyl (C=O) groups excluding carboxylic acids is 2. The van der Waals surface area contributed by atoms with Gasteiger partial charge in [-0.25, -0.2) is 9.59 Å². The summed E-state index contributed by atoms with van der Waals surface area (Å²) in [7, 11) is -7.48. The summed E-state index contributed by atoms with van der Waals surface area (Å²) < 4.78 is 62.8. The molecule has 0 aromatic carbocycles. The first kappa shape index (κ1) is 31.7. The SMILES string of the molecule is CC(C)(C)OC(=O)NC(COS(C)(=O)=O)COS(C)(=O)=O.CC(C)(C)OC(=O)NC1CSC1. The van der Waals surface area contributed by atoms with Crippen molar-refractivity contribution in [3.05, 3.63) is 0 Å². The van der Waals surface area contributed by atoms with Gasteiger partial charge in [-0.15, -0.1) is 0 Å². The normalized spacial score (nSPS) is 15.1. The molecular formula is C18H36N2O10S3. The Hall–Kier alpha value is -1.29. The number of thioether (sulfide) groups is 1. The lowest BCUT2D eigenvalue weighted by atomic mass is 10.2. The minimum atomic E-state index is -3.74. The maximum Gasteiger partial charge on any atom is 0.408 e. The van der Waals surface area contributed by atoms with Crippen molar-refractivity contribution in [3.8, 4) is 0 Å². The van der Waals surface area contributed by atoms with Gasteiger partial charge >= 0.3 is 12.2 Å². The Balaban J connectivity index is 0.000000716. The van der Waals surface area contributed by atoms with E-state index in [1.54, 1.807) is 20.8 Å². The van der Waals surface area contributed by atoms with Crippen LogP contribution in [0.4, 0.5) is 9.59 Å². The van der Waals surface area contributed by atoms with Crippen LogP contribution >= 0.6 is 11.8 Å². The summed E-state index contributed by atoms with van der Waals surface area (Å²) in [5.74, 6) is 2.03. The number of rotatable bonds is 8. The van der Waals surface area contributed by atoms with Crippen molar-refractivity contribution < 1.29 is 44.3 Å². The average molecular weight is 537 g/mol. The third kappa shape index (κ3) is 21.0. The van der Waals surface area contributed by atoms with E-state index < -0.39 is 51.2 Å². The number of hydrogen-bond acceptors (Lipinski definition) is 11. The van der Waals surface area contributed by atoms with Crippen LogP contribution < -0.4 is 10.6 Å². The first-order chi connectivity index (χ1) is 14.7. The van der Waals surface area contributed by atoms with Gasteiger partial charge in [0.05, 0.1) is 37.8 Å². The van der Waals surface area contributed by atoms with Crippen molar-refractivity contribution in [3.63, 3.8) is 0 Å². The van der Waals surface area contributed by atoms with Crippen molar-refractivity contribution in [2.45, 2.75) is 64.8 Å². The molecule has 1 saturated heterocycles. The van der Waals surface area contributed by atoms with Gasteiger partial charge < -0.3 is 20.1 Å². The first-order valence-corrected chi connectivity index (χ1v) is 14.7. The standard InChI is InChI=1S/C10H21NO8S2.C8H15NO2S/c1-10(2,3)19-9(12)11-8(6-17-20(4,13)14)7-18-21(5,15)16;1-8(2,3)11-7(10)9-6-4-12-5-6/h8H,6-7H2,1-5H3,(H,11,12);6H,4-5H2,1-3H3,(H,9,10). The molecule has 0 saturated carbocycles. The van der Waals surface area contributed by atoms with Crippen LogP contribution in [0.1, 0.15) is 41.5 Å². The van der Waals surface area contributed by atoms with Gasteiger partial charge in [0.2, 0.25) is 0 Å². The molecule has 12 nitrogen and oxygen atoms in total. The first-order valence-electron chi connectivity index (χ1n) is 9.91. The van der Waals surface area contributed by atoms with E-state index >= 15 is 0 Å². The highest BCUT2D eigenvalue weighted by Gasteiger charge is 2.24. The smallest absolute Gasteiger partial charge is 0.408 e. The van der Waals surface area contributed by atoms with Gasteiger partial charge in [-0.2, -0.15) is 28.6 Å². The highest BCUT2D eigenvalue weighted by molar-refractivity contribution is 8.00. The second kappa shape index (κ2) is 13.0. The Morgan fingerprint density at radius 2 is 1.24 bits per heavy atom. The monoisotopic (exact) mass is 536 g/mol. The van der Waals surface area contributed by atoms with E-state index in [1.165, 1.54) is 0 Å². The predicted octanol–water partition coefficient (Wildman–Crippen LogP) is 1.46. The van der Waals surface area contributed by atoms with E-state index in [1.807, 2.05) is 32.5 Å². The molecule has 1 aliphatic rings. The predicted molar refractivity (Wildman–Crippen MR) is 125 cm³/mol. The van der Waals surface area contributed by atoms with Gasteiger partial charge in [0.1, 0.15) is 11.2 Å². The molecule has 1 fully saturated rings. The zero-order chi connectivity index (χ0) is 26.1. The van der Waals surface area contributed by atoms with Crippen LogP contribution in [0.3, 0.4) is 0 Å². The van der Waals surface area contributed by atoms with Crippen LogP contribution in [0, 0.1) is 0 Å².